The highest BCUT2D eigenvalue weighted by Gasteiger charge is 2.56. The Morgan fingerprint density at radius 3 is 1.99 bits per heavy atom. The summed E-state index contributed by atoms with van der Waals surface area (Å²) in [5, 5.41) is 87.9. The molecule has 4 aliphatic heterocycles. The molecule has 0 saturated carbocycles. The number of nitrogens with zero attached hydrogens (tertiary/aromatic N) is 3. The molecule has 4 heterocycles. The van der Waals surface area contributed by atoms with Crippen molar-refractivity contribution in [1.29, 1.82) is 0 Å². The number of nitrogens with two attached hydrogens (primary N) is 1. The van der Waals surface area contributed by atoms with E-state index in [1.807, 2.05) is 0 Å². The minimum atomic E-state index is -2.81. The number of aliphatic hydroxyl groups is 7. The van der Waals surface area contributed by atoms with Gasteiger partial charge in [0.05, 0.1) is 105 Å². The Morgan fingerprint density at radius 1 is 0.831 bits per heavy atom. The van der Waals surface area contributed by atoms with Crippen molar-refractivity contribution in [2.45, 2.75) is 162 Å². The highest BCUT2D eigenvalue weighted by molar-refractivity contribution is 8.00. The first-order valence-corrected chi connectivity index (χ1v) is 25.1. The fourth-order valence-electron chi connectivity index (χ4n) is 8.79. The lowest BCUT2D eigenvalue weighted by atomic mass is 9.88. The standard InChI is InChI=1S/C44H68N8O24S/c1-22(57)48-35-28(62)14-43(72-20-55,74-30(35)16-47-51-33(64)7-9-52-34(65)12-31(41(52)67)77-11-5-6-32(45)46-4)69-10-8-26(60)39-36(49-23(2)58)29(63)15-44(76-39,73-21-56)70-18-25(17-53)38(66)40-37(50-24(3)59)27(61)13-42(68,75-40)71-19-54/h16,19-21,25-31,35-40,53,60-63,66,68H,5-15,17-18H2,1-4H3,(H2,45,46)(H,48,57)(H,49,58)(H,50,59)(H,51,64)/b47-16-. The zero-order valence-corrected chi connectivity index (χ0v) is 43.2. The average Bonchev–Trinajstić information content (AvgIpc) is 3.62. The number of aliphatic hydroxyl groups excluding tert-OH is 6. The first kappa shape index (κ1) is 64.0. The summed E-state index contributed by atoms with van der Waals surface area (Å²) in [4.78, 5) is 115. The third kappa shape index (κ3) is 18.0. The molecule has 0 bridgehead atoms. The van der Waals surface area contributed by atoms with Crippen LogP contribution in [0.25, 0.3) is 0 Å². The number of nitrogens with one attached hydrogen (secondary N) is 4. The van der Waals surface area contributed by atoms with Gasteiger partial charge in [-0.15, -0.1) is 11.8 Å². The molecule has 0 aromatic rings. The van der Waals surface area contributed by atoms with Crippen LogP contribution in [-0.4, -0.2) is 237 Å². The monoisotopic (exact) mass is 1120 g/mol. The van der Waals surface area contributed by atoms with Crippen LogP contribution in [0.2, 0.25) is 0 Å². The second-order valence-electron chi connectivity index (χ2n) is 18.2. The fraction of sp³-hybridized carbons (Fsp3) is 0.750. The Bertz CT molecular complexity index is 2130. The maximum atomic E-state index is 12.9. The molecule has 0 spiro atoms. The molecule has 16 atom stereocenters. The van der Waals surface area contributed by atoms with Gasteiger partial charge in [0, 0.05) is 59.5 Å². The molecule has 32 nitrogen and oxygen atoms in total. The van der Waals surface area contributed by atoms with E-state index in [1.165, 1.54) is 11.8 Å². The van der Waals surface area contributed by atoms with E-state index in [0.29, 0.717) is 24.4 Å². The van der Waals surface area contributed by atoms with Crippen molar-refractivity contribution in [2.75, 3.05) is 39.2 Å². The molecular formula is C44H68N8O24S. The van der Waals surface area contributed by atoms with E-state index in [2.05, 4.69) is 36.2 Å². The lowest BCUT2D eigenvalue weighted by Gasteiger charge is -2.47. The predicted octanol–water partition coefficient (Wildman–Crippen LogP) is -6.70. The topological polar surface area (TPSA) is 471 Å². The molecule has 434 valence electrons. The molecule has 4 saturated heterocycles. The summed E-state index contributed by atoms with van der Waals surface area (Å²) in [5.41, 5.74) is 7.90. The molecule has 6 amide bonds. The van der Waals surface area contributed by atoms with Gasteiger partial charge in [0.25, 0.3) is 19.4 Å². The van der Waals surface area contributed by atoms with E-state index in [9.17, 15) is 78.9 Å². The summed E-state index contributed by atoms with van der Waals surface area (Å²) in [6.45, 7) is -0.0308. The minimum Gasteiger partial charge on any atom is -0.410 e. The van der Waals surface area contributed by atoms with Crippen molar-refractivity contribution in [2.24, 2.45) is 21.7 Å². The van der Waals surface area contributed by atoms with Crippen LogP contribution in [0.5, 0.6) is 0 Å². The number of aliphatic imine (C=N–C) groups is 1. The largest absolute Gasteiger partial charge is 0.410 e. The first-order valence-electron chi connectivity index (χ1n) is 24.1. The molecule has 4 aliphatic rings. The van der Waals surface area contributed by atoms with Gasteiger partial charge in [-0.3, -0.25) is 53.0 Å². The SMILES string of the molecule is CN=C(N)CCCSC1CC(=O)N(CCC(=O)N/N=C\C2OC(OC=O)(OCCC(O)C3OC(OC=O)(OCC(CO)C(O)C4OC(O)(OC=O)CC(O)C4NC(C)=O)CC(O)C3NC(C)=O)CC(O)C2NC(C)=O)C1=O. The first-order chi connectivity index (χ1) is 36.4. The van der Waals surface area contributed by atoms with Crippen LogP contribution in [-0.2, 0) is 81.0 Å². The van der Waals surface area contributed by atoms with Crippen molar-refractivity contribution in [3.63, 3.8) is 0 Å². The average molecular weight is 1130 g/mol. The lowest BCUT2D eigenvalue weighted by Crippen LogP contribution is -2.66. The van der Waals surface area contributed by atoms with Crippen molar-refractivity contribution in [3.8, 4) is 0 Å². The number of carbonyl (C=O) groups is 9. The number of hydrogen-bond acceptors (Lipinski definition) is 27. The molecule has 4 rings (SSSR count). The maximum absolute atomic E-state index is 12.9. The molecule has 16 unspecified atom stereocenters. The van der Waals surface area contributed by atoms with E-state index < -0.39 is 177 Å². The van der Waals surface area contributed by atoms with Gasteiger partial charge >= 0.3 is 17.9 Å². The van der Waals surface area contributed by atoms with Crippen molar-refractivity contribution >= 4 is 78.7 Å². The van der Waals surface area contributed by atoms with E-state index in [0.717, 1.165) is 31.9 Å². The van der Waals surface area contributed by atoms with Crippen molar-refractivity contribution in [1.82, 2.24) is 26.3 Å². The summed E-state index contributed by atoms with van der Waals surface area (Å²) in [7, 11) is 1.56. The molecule has 4 fully saturated rings. The second kappa shape index (κ2) is 29.4. The summed E-state index contributed by atoms with van der Waals surface area (Å²) >= 11 is 1.29. The third-order valence-electron chi connectivity index (χ3n) is 12.5. The van der Waals surface area contributed by atoms with Gasteiger partial charge in [-0.1, -0.05) is 0 Å². The van der Waals surface area contributed by atoms with Gasteiger partial charge in [0.2, 0.25) is 35.4 Å². The van der Waals surface area contributed by atoms with Crippen LogP contribution in [0.15, 0.2) is 10.1 Å². The molecule has 0 aliphatic carbocycles. The lowest BCUT2D eigenvalue weighted by molar-refractivity contribution is -0.415. The van der Waals surface area contributed by atoms with E-state index in [-0.39, 0.29) is 38.8 Å². The number of hydrogen-bond donors (Lipinski definition) is 12. The van der Waals surface area contributed by atoms with Crippen LogP contribution < -0.4 is 27.1 Å². The number of imide groups is 1. The minimum absolute atomic E-state index is 0.0494. The number of carbonyl (C=O) groups excluding carboxylic acids is 9. The van der Waals surface area contributed by atoms with Crippen LogP contribution in [0.1, 0.15) is 72.1 Å². The van der Waals surface area contributed by atoms with Gasteiger partial charge in [0.15, 0.2) is 0 Å². The van der Waals surface area contributed by atoms with Gasteiger partial charge in [-0.05, 0) is 18.6 Å². The van der Waals surface area contributed by atoms with Gasteiger partial charge < -0.3 is 95.3 Å². The van der Waals surface area contributed by atoms with Gasteiger partial charge in [-0.2, -0.15) is 5.10 Å². The molecular weight excluding hydrogens is 1060 g/mol. The zero-order valence-electron chi connectivity index (χ0n) is 42.4. The number of ether oxygens (including phenoxy) is 8. The Morgan fingerprint density at radius 2 is 1.40 bits per heavy atom. The number of amides is 6. The maximum Gasteiger partial charge on any atom is 0.332 e. The molecule has 0 aromatic heterocycles. The Kier molecular flexibility index (Phi) is 24.4. The highest BCUT2D eigenvalue weighted by Crippen LogP contribution is 2.37. The number of amidine groups is 1. The van der Waals surface area contributed by atoms with E-state index in [1.54, 1.807) is 7.05 Å². The molecule has 0 aromatic carbocycles. The van der Waals surface area contributed by atoms with Crippen molar-refractivity contribution < 1.29 is 117 Å². The van der Waals surface area contributed by atoms with Crippen LogP contribution in [0.4, 0.5) is 0 Å². The molecule has 77 heavy (non-hydrogen) atoms. The second-order valence-corrected chi connectivity index (χ2v) is 19.5. The quantitative estimate of drug-likeness (QED) is 0.00465. The van der Waals surface area contributed by atoms with Gasteiger partial charge in [0.1, 0.15) is 18.3 Å². The third-order valence-corrected chi connectivity index (χ3v) is 13.8. The fourth-order valence-corrected chi connectivity index (χ4v) is 9.92. The summed E-state index contributed by atoms with van der Waals surface area (Å²) in [6, 6.07) is -4.28. The Labute approximate surface area is 444 Å². The number of thioether (sulfide) groups is 1. The zero-order chi connectivity index (χ0) is 57.3. The molecule has 13 N–H and O–H groups in total. The smallest absolute Gasteiger partial charge is 0.332 e. The molecule has 0 radical (unpaired) electrons. The summed E-state index contributed by atoms with van der Waals surface area (Å²) < 4.78 is 43.7. The molecule has 33 heteroatoms. The predicted molar refractivity (Wildman–Crippen MR) is 256 cm³/mol. The number of rotatable bonds is 30. The van der Waals surface area contributed by atoms with Crippen molar-refractivity contribution in [3.05, 3.63) is 0 Å². The van der Waals surface area contributed by atoms with E-state index >= 15 is 0 Å². The van der Waals surface area contributed by atoms with Crippen LogP contribution in [0, 0.1) is 5.92 Å². The van der Waals surface area contributed by atoms with Crippen LogP contribution >= 0.6 is 11.8 Å². The normalized spacial score (nSPS) is 32.8. The summed E-state index contributed by atoms with van der Waals surface area (Å²) in [6.07, 6.45) is -15.3. The Balaban J connectivity index is 1.46. The summed E-state index contributed by atoms with van der Waals surface area (Å²) in [5.74, 6) is -12.3. The van der Waals surface area contributed by atoms with Crippen LogP contribution in [0.3, 0.4) is 0 Å². The van der Waals surface area contributed by atoms with E-state index in [4.69, 9.17) is 38.9 Å². The van der Waals surface area contributed by atoms with Gasteiger partial charge in [-0.25, -0.2) is 5.43 Å². The number of likely N-dealkylation sites (tertiary alicyclic amines) is 1. The number of hydrazone groups is 1. The Hall–Kier alpha value is -5.56. The highest BCUT2D eigenvalue weighted by atomic mass is 32.2.